The average Bonchev–Trinajstić information content (AvgIpc) is 2.81. The summed E-state index contributed by atoms with van der Waals surface area (Å²) in [5.74, 6) is -0.228. The molecule has 0 aliphatic heterocycles. The number of rotatable bonds is 4. The van der Waals surface area contributed by atoms with Crippen LogP contribution in [0.1, 0.15) is 64.9 Å². The van der Waals surface area contributed by atoms with Crippen LogP contribution in [-0.2, 0) is 25.6 Å². The zero-order valence-corrected chi connectivity index (χ0v) is 18.3. The molecular formula is C27H28F3NO2. The lowest BCUT2D eigenvalue weighted by atomic mass is 9.76. The van der Waals surface area contributed by atoms with Crippen molar-refractivity contribution in [1.29, 1.82) is 0 Å². The van der Waals surface area contributed by atoms with Gasteiger partial charge in [0.15, 0.2) is 0 Å². The molecule has 0 bridgehead atoms. The number of aliphatic hydroxyl groups is 2. The van der Waals surface area contributed by atoms with Gasteiger partial charge in [0, 0.05) is 19.0 Å². The molecule has 0 radical (unpaired) electrons. The molecule has 0 saturated carbocycles. The SMILES string of the molecule is OC1CC(CNCc2cccc(C(F)(F)F)c2)C(O)c2ccc3c4c(ccc3c21)CCCC4. The van der Waals surface area contributed by atoms with E-state index in [2.05, 4.69) is 23.5 Å². The van der Waals surface area contributed by atoms with Gasteiger partial charge in [0.05, 0.1) is 17.8 Å². The number of halogens is 3. The predicted octanol–water partition coefficient (Wildman–Crippen LogP) is 5.61. The molecule has 2 aliphatic carbocycles. The van der Waals surface area contributed by atoms with Gasteiger partial charge in [0.1, 0.15) is 0 Å². The second kappa shape index (κ2) is 8.75. The number of hydrogen-bond donors (Lipinski definition) is 3. The van der Waals surface area contributed by atoms with Crippen molar-refractivity contribution >= 4 is 10.8 Å². The van der Waals surface area contributed by atoms with E-state index in [0.717, 1.165) is 41.5 Å². The first-order valence-corrected chi connectivity index (χ1v) is 11.6. The van der Waals surface area contributed by atoms with Crippen molar-refractivity contribution in [3.05, 3.63) is 81.9 Å². The van der Waals surface area contributed by atoms with E-state index >= 15 is 0 Å². The standard InChI is InChI=1S/C27H28F3NO2/c28-27(29,30)19-6-3-4-16(12-19)14-31-15-18-13-24(32)25-22-9-8-17-5-1-2-7-20(17)21(22)10-11-23(25)26(18)33/h3-4,6,8-12,18,24,26,31-33H,1-2,5,7,13-15H2. The number of fused-ring (bicyclic) bond motifs is 5. The molecule has 3 unspecified atom stereocenters. The predicted molar refractivity (Wildman–Crippen MR) is 122 cm³/mol. The normalized spacial score (nSPS) is 22.8. The van der Waals surface area contributed by atoms with Crippen LogP contribution >= 0.6 is 0 Å². The van der Waals surface area contributed by atoms with Crippen LogP contribution in [0.25, 0.3) is 10.8 Å². The van der Waals surface area contributed by atoms with Crippen molar-refractivity contribution in [2.75, 3.05) is 6.54 Å². The topological polar surface area (TPSA) is 52.5 Å². The maximum atomic E-state index is 12.9. The zero-order valence-electron chi connectivity index (χ0n) is 18.3. The fourth-order valence-electron chi connectivity index (χ4n) is 5.57. The number of benzene rings is 3. The molecule has 5 rings (SSSR count). The first-order valence-electron chi connectivity index (χ1n) is 11.6. The third-order valence-electron chi connectivity index (χ3n) is 7.22. The van der Waals surface area contributed by atoms with E-state index in [4.69, 9.17) is 0 Å². The highest BCUT2D eigenvalue weighted by atomic mass is 19.4. The van der Waals surface area contributed by atoms with Crippen LogP contribution in [0, 0.1) is 5.92 Å². The molecule has 174 valence electrons. The molecule has 0 heterocycles. The van der Waals surface area contributed by atoms with E-state index in [1.807, 2.05) is 6.07 Å². The van der Waals surface area contributed by atoms with Crippen molar-refractivity contribution in [1.82, 2.24) is 5.32 Å². The Balaban J connectivity index is 1.34. The maximum absolute atomic E-state index is 12.9. The first-order chi connectivity index (χ1) is 15.8. The largest absolute Gasteiger partial charge is 0.416 e. The maximum Gasteiger partial charge on any atom is 0.416 e. The third kappa shape index (κ3) is 4.27. The van der Waals surface area contributed by atoms with E-state index in [9.17, 15) is 23.4 Å². The summed E-state index contributed by atoms with van der Waals surface area (Å²) in [4.78, 5) is 0. The first kappa shape index (κ1) is 22.4. The Bertz CT molecular complexity index is 1170. The quantitative estimate of drug-likeness (QED) is 0.479. The summed E-state index contributed by atoms with van der Waals surface area (Å²) in [7, 11) is 0. The Morgan fingerprint density at radius 2 is 1.73 bits per heavy atom. The van der Waals surface area contributed by atoms with Gasteiger partial charge < -0.3 is 15.5 Å². The fraction of sp³-hybridized carbons (Fsp3) is 0.407. The van der Waals surface area contributed by atoms with E-state index in [1.165, 1.54) is 35.4 Å². The summed E-state index contributed by atoms with van der Waals surface area (Å²) in [5, 5.41) is 27.5. The monoisotopic (exact) mass is 455 g/mol. The minimum absolute atomic E-state index is 0.228. The molecule has 3 aromatic carbocycles. The molecule has 0 fully saturated rings. The Morgan fingerprint density at radius 3 is 2.55 bits per heavy atom. The Hall–Kier alpha value is -2.41. The number of hydrogen-bond acceptors (Lipinski definition) is 3. The van der Waals surface area contributed by atoms with Crippen molar-refractivity contribution in [2.24, 2.45) is 5.92 Å². The van der Waals surface area contributed by atoms with Crippen LogP contribution in [0.4, 0.5) is 13.2 Å². The van der Waals surface area contributed by atoms with Crippen LogP contribution in [-0.4, -0.2) is 16.8 Å². The van der Waals surface area contributed by atoms with Crippen LogP contribution in [0.2, 0.25) is 0 Å². The highest BCUT2D eigenvalue weighted by Crippen LogP contribution is 2.44. The van der Waals surface area contributed by atoms with E-state index in [-0.39, 0.29) is 12.5 Å². The Kier molecular flexibility index (Phi) is 5.93. The summed E-state index contributed by atoms with van der Waals surface area (Å²) in [6.45, 7) is 0.663. The molecule has 33 heavy (non-hydrogen) atoms. The smallest absolute Gasteiger partial charge is 0.388 e. The lowest BCUT2D eigenvalue weighted by molar-refractivity contribution is -0.137. The summed E-state index contributed by atoms with van der Waals surface area (Å²) < 4.78 is 38.8. The molecule has 6 heteroatoms. The fourth-order valence-corrected chi connectivity index (χ4v) is 5.57. The van der Waals surface area contributed by atoms with Gasteiger partial charge in [-0.3, -0.25) is 0 Å². The summed E-state index contributed by atoms with van der Waals surface area (Å²) in [6.07, 6.45) is -0.870. The van der Waals surface area contributed by atoms with E-state index in [0.29, 0.717) is 18.5 Å². The van der Waals surface area contributed by atoms with Crippen molar-refractivity contribution in [3.63, 3.8) is 0 Å². The molecule has 3 nitrogen and oxygen atoms in total. The summed E-state index contributed by atoms with van der Waals surface area (Å²) >= 11 is 0. The minimum Gasteiger partial charge on any atom is -0.388 e. The molecular weight excluding hydrogens is 427 g/mol. The molecule has 3 aromatic rings. The van der Waals surface area contributed by atoms with E-state index in [1.54, 1.807) is 6.07 Å². The third-order valence-corrected chi connectivity index (χ3v) is 7.22. The second-order valence-electron chi connectivity index (χ2n) is 9.36. The van der Waals surface area contributed by atoms with Crippen molar-refractivity contribution in [3.8, 4) is 0 Å². The highest BCUT2D eigenvalue weighted by Gasteiger charge is 2.34. The minimum atomic E-state index is -4.37. The molecule has 3 N–H and O–H groups in total. The lowest BCUT2D eigenvalue weighted by Crippen LogP contribution is -2.32. The van der Waals surface area contributed by atoms with Gasteiger partial charge in [-0.05, 0) is 76.8 Å². The average molecular weight is 456 g/mol. The van der Waals surface area contributed by atoms with Gasteiger partial charge in [-0.25, -0.2) is 0 Å². The molecule has 3 atom stereocenters. The van der Waals surface area contributed by atoms with Crippen LogP contribution in [0.15, 0.2) is 48.5 Å². The van der Waals surface area contributed by atoms with Crippen molar-refractivity contribution in [2.45, 2.75) is 57.0 Å². The van der Waals surface area contributed by atoms with Gasteiger partial charge in [-0.2, -0.15) is 13.2 Å². The number of aryl methyl sites for hydroxylation is 2. The molecule has 0 saturated heterocycles. The van der Waals surface area contributed by atoms with Gasteiger partial charge in [0.2, 0.25) is 0 Å². The van der Waals surface area contributed by atoms with Crippen LogP contribution in [0.3, 0.4) is 0 Å². The van der Waals surface area contributed by atoms with E-state index < -0.39 is 23.9 Å². The highest BCUT2D eigenvalue weighted by molar-refractivity contribution is 5.91. The Morgan fingerprint density at radius 1 is 0.939 bits per heavy atom. The van der Waals surface area contributed by atoms with Crippen LogP contribution in [0.5, 0.6) is 0 Å². The number of alkyl halides is 3. The Labute approximate surface area is 191 Å². The van der Waals surface area contributed by atoms with Crippen molar-refractivity contribution < 1.29 is 23.4 Å². The van der Waals surface area contributed by atoms with Crippen LogP contribution < -0.4 is 5.32 Å². The lowest BCUT2D eigenvalue weighted by Gasteiger charge is -2.35. The molecule has 0 spiro atoms. The number of nitrogens with one attached hydrogen (secondary N) is 1. The number of aliphatic hydroxyl groups excluding tert-OH is 2. The molecule has 0 aromatic heterocycles. The van der Waals surface area contributed by atoms with Gasteiger partial charge in [-0.15, -0.1) is 0 Å². The second-order valence-corrected chi connectivity index (χ2v) is 9.36. The van der Waals surface area contributed by atoms with Gasteiger partial charge >= 0.3 is 6.18 Å². The van der Waals surface area contributed by atoms with Gasteiger partial charge in [-0.1, -0.05) is 42.5 Å². The molecule has 2 aliphatic rings. The summed E-state index contributed by atoms with van der Waals surface area (Å²) in [5.41, 5.74) is 4.19. The zero-order chi connectivity index (χ0) is 23.2. The van der Waals surface area contributed by atoms with Gasteiger partial charge in [0.25, 0.3) is 0 Å². The molecule has 0 amide bonds. The summed E-state index contributed by atoms with van der Waals surface area (Å²) in [6, 6.07) is 13.5.